The number of rotatable bonds is 8. The van der Waals surface area contributed by atoms with Crippen molar-refractivity contribution in [2.24, 2.45) is 80.8 Å². The molecule has 3 atom stereocenters. The van der Waals surface area contributed by atoms with Crippen molar-refractivity contribution in [1.29, 1.82) is 0 Å². The molecule has 1 unspecified atom stereocenters. The molecule has 9 aliphatic carbocycles. The van der Waals surface area contributed by atoms with Crippen LogP contribution in [0.15, 0.2) is 0 Å². The van der Waals surface area contributed by atoms with E-state index in [9.17, 15) is 0 Å². The Balaban J connectivity index is 0.000000354. The summed E-state index contributed by atoms with van der Waals surface area (Å²) in [6, 6.07) is 0. The molecule has 9 saturated carbocycles. The lowest BCUT2D eigenvalue weighted by atomic mass is 9.64. The zero-order valence-corrected chi connectivity index (χ0v) is 47.7. The maximum atomic E-state index is 2.39. The monoisotopic (exact) mass is 883 g/mol. The molecule has 0 aromatic rings. The molecule has 0 saturated heterocycles. The van der Waals surface area contributed by atoms with E-state index in [-0.39, 0.29) is 0 Å². The van der Waals surface area contributed by atoms with E-state index in [2.05, 4.69) is 125 Å². The van der Waals surface area contributed by atoms with Gasteiger partial charge in [-0.3, -0.25) is 0 Å². The van der Waals surface area contributed by atoms with Crippen molar-refractivity contribution in [1.82, 2.24) is 0 Å². The summed E-state index contributed by atoms with van der Waals surface area (Å²) in [7, 11) is 0. The summed E-state index contributed by atoms with van der Waals surface area (Å²) >= 11 is 0. The molecule has 0 heterocycles. The predicted molar refractivity (Wildman–Crippen MR) is 290 cm³/mol. The van der Waals surface area contributed by atoms with Crippen LogP contribution in [-0.2, 0) is 0 Å². The minimum absolute atomic E-state index is 0.681. The SMILES string of the molecule is CC(C)C1CCC1.CC1CC(C)(C)C1.CCC1(C)CCC1.CCC1(C)CCC1.CCC1CC(C)C1.CCC1CCCC1.CCC1CC[C@@H]1C.CCCC1CCC1.C[C@H]1CCC1(C)C. The number of hydrogen-bond acceptors (Lipinski definition) is 0. The molecule has 0 nitrogen and oxygen atoms in total. The first-order chi connectivity index (χ1) is 29.6. The van der Waals surface area contributed by atoms with E-state index in [0.717, 1.165) is 70.0 Å². The molecule has 0 aliphatic heterocycles. The highest BCUT2D eigenvalue weighted by atomic mass is 14.4. The van der Waals surface area contributed by atoms with E-state index in [1.54, 1.807) is 0 Å². The van der Waals surface area contributed by atoms with Crippen molar-refractivity contribution < 1.29 is 0 Å². The zero-order valence-electron chi connectivity index (χ0n) is 47.7. The topological polar surface area (TPSA) is 0 Å². The van der Waals surface area contributed by atoms with Crippen LogP contribution in [0.4, 0.5) is 0 Å². The normalized spacial score (nSPS) is 29.9. The van der Waals surface area contributed by atoms with Crippen LogP contribution in [0.25, 0.3) is 0 Å². The van der Waals surface area contributed by atoms with E-state index in [1.807, 2.05) is 0 Å². The summed E-state index contributed by atoms with van der Waals surface area (Å²) in [5.41, 5.74) is 2.90. The third kappa shape index (κ3) is 25.8. The second kappa shape index (κ2) is 31.9. The highest BCUT2D eigenvalue weighted by Gasteiger charge is 2.34. The molecule has 0 aromatic carbocycles. The Hall–Kier alpha value is 0. The van der Waals surface area contributed by atoms with Gasteiger partial charge in [0.05, 0.1) is 0 Å². The molecule has 0 bridgehead atoms. The highest BCUT2D eigenvalue weighted by Crippen LogP contribution is 2.46. The van der Waals surface area contributed by atoms with Crippen molar-refractivity contribution in [3.05, 3.63) is 0 Å². The molecule has 63 heavy (non-hydrogen) atoms. The minimum atomic E-state index is 0.681. The Labute approximate surface area is 402 Å². The standard InChI is InChI=1S/9C7H14/c1-6-4-7(2,3)5-6;1-6-4-5-7(6,2)3;1-6(2)7-4-3-5-7;1-3-7-4-6(2)5-7;2*1-3-7(2)5-4-6-7;1-3-7-5-4-6(7)2;1-2-7-5-3-4-6-7;1-2-4-7-5-3-6-7/h2*6H,4-5H2,1-3H3;2*6-7H,3-5H2,1-2H3;2*3-6H2,1-2H3;6-7H,3-5H2,1-2H3;2*7H,2-6H2,1H3/t;6-;;;;;6-,7?;;/m.0....0../s1. The van der Waals surface area contributed by atoms with E-state index in [0.29, 0.717) is 10.8 Å². The van der Waals surface area contributed by atoms with E-state index >= 15 is 0 Å². The average Bonchev–Trinajstić information content (AvgIpc) is 3.70. The summed E-state index contributed by atoms with van der Waals surface area (Å²) in [5.74, 6) is 10.5. The van der Waals surface area contributed by atoms with Gasteiger partial charge in [0.15, 0.2) is 0 Å². The van der Waals surface area contributed by atoms with E-state index in [1.165, 1.54) is 199 Å². The van der Waals surface area contributed by atoms with Crippen LogP contribution in [0.3, 0.4) is 0 Å². The fraction of sp³-hybridized carbons (Fsp3) is 1.00. The van der Waals surface area contributed by atoms with Crippen molar-refractivity contribution in [3.63, 3.8) is 0 Å². The molecular weight excluding hydrogens is 757 g/mol. The van der Waals surface area contributed by atoms with Crippen LogP contribution in [0.1, 0.15) is 324 Å². The van der Waals surface area contributed by atoms with Crippen molar-refractivity contribution in [3.8, 4) is 0 Å². The van der Waals surface area contributed by atoms with Gasteiger partial charge in [-0.05, 0) is 151 Å². The maximum Gasteiger partial charge on any atom is -0.0328 e. The van der Waals surface area contributed by atoms with Gasteiger partial charge < -0.3 is 0 Å². The fourth-order valence-corrected chi connectivity index (χ4v) is 11.6. The highest BCUT2D eigenvalue weighted by molar-refractivity contribution is 4.85. The molecule has 9 rings (SSSR count). The molecular formula is C63H126. The average molecular weight is 884 g/mol. The Bertz CT molecular complexity index is 985. The summed E-state index contributed by atoms with van der Waals surface area (Å²) in [6.07, 6.45) is 45.5. The molecule has 0 N–H and O–H groups in total. The fourth-order valence-electron chi connectivity index (χ4n) is 11.6. The lowest BCUT2D eigenvalue weighted by Crippen LogP contribution is -2.31. The first-order valence-corrected chi connectivity index (χ1v) is 29.6. The van der Waals surface area contributed by atoms with Gasteiger partial charge in [-0.1, -0.05) is 253 Å². The predicted octanol–water partition coefficient (Wildman–Crippen LogP) is 22.6. The van der Waals surface area contributed by atoms with Crippen LogP contribution in [0.2, 0.25) is 0 Å². The third-order valence-corrected chi connectivity index (χ3v) is 19.6. The lowest BCUT2D eigenvalue weighted by molar-refractivity contribution is 0.0892. The molecule has 378 valence electrons. The third-order valence-electron chi connectivity index (χ3n) is 19.6. The van der Waals surface area contributed by atoms with Crippen molar-refractivity contribution in [2.45, 2.75) is 324 Å². The lowest BCUT2D eigenvalue weighted by Gasteiger charge is -2.42. The van der Waals surface area contributed by atoms with Crippen LogP contribution >= 0.6 is 0 Å². The molecule has 9 aliphatic rings. The van der Waals surface area contributed by atoms with Gasteiger partial charge in [0.25, 0.3) is 0 Å². The van der Waals surface area contributed by atoms with Crippen LogP contribution < -0.4 is 0 Å². The minimum Gasteiger partial charge on any atom is -0.0654 e. The van der Waals surface area contributed by atoms with Crippen LogP contribution in [0, 0.1) is 80.8 Å². The molecule has 0 aromatic heterocycles. The second-order valence-electron chi connectivity index (χ2n) is 26.8. The van der Waals surface area contributed by atoms with Crippen molar-refractivity contribution >= 4 is 0 Å². The van der Waals surface area contributed by atoms with Gasteiger partial charge in [-0.15, -0.1) is 0 Å². The Morgan fingerprint density at radius 3 is 0.984 bits per heavy atom. The first kappa shape index (κ1) is 61.0. The molecule has 0 heteroatoms. The quantitative estimate of drug-likeness (QED) is 0.228. The van der Waals surface area contributed by atoms with Gasteiger partial charge >= 0.3 is 0 Å². The van der Waals surface area contributed by atoms with Gasteiger partial charge in [0, 0.05) is 0 Å². The van der Waals surface area contributed by atoms with Crippen molar-refractivity contribution in [2.75, 3.05) is 0 Å². The van der Waals surface area contributed by atoms with Crippen LogP contribution in [0.5, 0.6) is 0 Å². The van der Waals surface area contributed by atoms with Gasteiger partial charge in [-0.2, -0.15) is 0 Å². The summed E-state index contributed by atoms with van der Waals surface area (Å²) in [4.78, 5) is 0. The van der Waals surface area contributed by atoms with Gasteiger partial charge in [0.2, 0.25) is 0 Å². The summed E-state index contributed by atoms with van der Waals surface area (Å²) < 4.78 is 0. The van der Waals surface area contributed by atoms with E-state index in [4.69, 9.17) is 0 Å². The number of hydrogen-bond donors (Lipinski definition) is 0. The second-order valence-corrected chi connectivity index (χ2v) is 26.8. The summed E-state index contributed by atoms with van der Waals surface area (Å²) in [5, 5.41) is 0. The first-order valence-electron chi connectivity index (χ1n) is 29.6. The summed E-state index contributed by atoms with van der Waals surface area (Å²) in [6.45, 7) is 41.9. The Kier molecular flexibility index (Phi) is 30.9. The zero-order chi connectivity index (χ0) is 47.7. The largest absolute Gasteiger partial charge is 0.0654 e. The smallest absolute Gasteiger partial charge is 0.0328 e. The van der Waals surface area contributed by atoms with Gasteiger partial charge in [-0.25, -0.2) is 0 Å². The Morgan fingerprint density at radius 2 is 0.921 bits per heavy atom. The Morgan fingerprint density at radius 1 is 0.460 bits per heavy atom. The van der Waals surface area contributed by atoms with E-state index < -0.39 is 0 Å². The molecule has 0 amide bonds. The van der Waals surface area contributed by atoms with Crippen LogP contribution in [-0.4, -0.2) is 0 Å². The van der Waals surface area contributed by atoms with Gasteiger partial charge in [0.1, 0.15) is 0 Å². The molecule has 0 spiro atoms. The maximum absolute atomic E-state index is 2.39. The molecule has 9 fully saturated rings. The molecule has 0 radical (unpaired) electrons.